The van der Waals surface area contributed by atoms with Crippen molar-refractivity contribution in [2.75, 3.05) is 17.6 Å². The van der Waals surface area contributed by atoms with E-state index < -0.39 is 0 Å². The Morgan fingerprint density at radius 3 is 2.88 bits per heavy atom. The summed E-state index contributed by atoms with van der Waals surface area (Å²) >= 11 is 0. The van der Waals surface area contributed by atoms with E-state index in [4.69, 9.17) is 5.73 Å². The molecule has 4 heteroatoms. The number of nitrogen functional groups attached to an aromatic ring is 1. The van der Waals surface area contributed by atoms with Crippen LogP contribution in [-0.2, 0) is 0 Å². The number of halogens is 1. The molecule has 2 rings (SSSR count). The number of aliphatic hydroxyl groups excluding tert-OH is 1. The first-order valence-corrected chi connectivity index (χ1v) is 6.11. The molecule has 0 bridgehead atoms. The Morgan fingerprint density at radius 1 is 1.35 bits per heavy atom. The molecule has 94 valence electrons. The van der Waals surface area contributed by atoms with E-state index in [0.717, 1.165) is 32.2 Å². The molecule has 0 heterocycles. The van der Waals surface area contributed by atoms with Crippen LogP contribution < -0.4 is 11.1 Å². The predicted octanol–water partition coefficient (Wildman–Crippen LogP) is 2.37. The lowest BCUT2D eigenvalue weighted by Gasteiger charge is -2.26. The number of rotatable bonds is 3. The molecule has 0 radical (unpaired) electrons. The summed E-state index contributed by atoms with van der Waals surface area (Å²) in [5.74, 6) is 0.138. The van der Waals surface area contributed by atoms with Crippen LogP contribution in [0.15, 0.2) is 18.2 Å². The van der Waals surface area contributed by atoms with Gasteiger partial charge in [-0.1, -0.05) is 6.42 Å². The van der Waals surface area contributed by atoms with Gasteiger partial charge in [-0.05, 0) is 43.4 Å². The highest BCUT2D eigenvalue weighted by Gasteiger charge is 2.19. The van der Waals surface area contributed by atoms with Crippen LogP contribution in [0.25, 0.3) is 0 Å². The second-order valence-corrected chi connectivity index (χ2v) is 4.84. The van der Waals surface area contributed by atoms with E-state index >= 15 is 0 Å². The molecule has 1 aliphatic carbocycles. The van der Waals surface area contributed by atoms with Crippen molar-refractivity contribution in [3.63, 3.8) is 0 Å². The molecule has 0 amide bonds. The quantitative estimate of drug-likeness (QED) is 0.708. The summed E-state index contributed by atoms with van der Waals surface area (Å²) < 4.78 is 13.1. The van der Waals surface area contributed by atoms with Gasteiger partial charge in [-0.2, -0.15) is 0 Å². The van der Waals surface area contributed by atoms with Crippen molar-refractivity contribution < 1.29 is 9.50 Å². The minimum absolute atomic E-state index is 0.173. The molecule has 4 N–H and O–H groups in total. The normalized spacial score (nSPS) is 24.6. The minimum atomic E-state index is -0.323. The first-order valence-electron chi connectivity index (χ1n) is 6.11. The van der Waals surface area contributed by atoms with Crippen LogP contribution in [0.3, 0.4) is 0 Å². The largest absolute Gasteiger partial charge is 0.399 e. The predicted molar refractivity (Wildman–Crippen MR) is 67.3 cm³/mol. The molecule has 1 fully saturated rings. The lowest BCUT2D eigenvalue weighted by atomic mass is 9.87. The Kier molecular flexibility index (Phi) is 3.84. The first kappa shape index (κ1) is 12.2. The molecule has 1 saturated carbocycles. The van der Waals surface area contributed by atoms with E-state index in [2.05, 4.69) is 5.32 Å². The van der Waals surface area contributed by atoms with E-state index in [1.807, 2.05) is 0 Å². The van der Waals surface area contributed by atoms with Crippen LogP contribution in [0, 0.1) is 11.7 Å². The molecular formula is C13H19FN2O. The van der Waals surface area contributed by atoms with Crippen molar-refractivity contribution in [1.82, 2.24) is 0 Å². The number of nitrogens with one attached hydrogen (secondary N) is 1. The maximum atomic E-state index is 13.1. The second-order valence-electron chi connectivity index (χ2n) is 4.84. The molecular weight excluding hydrogens is 219 g/mol. The fraction of sp³-hybridized carbons (Fsp3) is 0.538. The maximum absolute atomic E-state index is 13.1. The molecule has 2 unspecified atom stereocenters. The van der Waals surface area contributed by atoms with Gasteiger partial charge in [0.25, 0.3) is 0 Å². The fourth-order valence-corrected chi connectivity index (χ4v) is 2.42. The molecule has 0 saturated heterocycles. The topological polar surface area (TPSA) is 58.3 Å². The van der Waals surface area contributed by atoms with Crippen molar-refractivity contribution in [2.24, 2.45) is 5.92 Å². The second kappa shape index (κ2) is 5.36. The van der Waals surface area contributed by atoms with Crippen LogP contribution in [0.5, 0.6) is 0 Å². The molecule has 1 aromatic carbocycles. The van der Waals surface area contributed by atoms with E-state index in [1.54, 1.807) is 6.07 Å². The molecule has 0 aliphatic heterocycles. The van der Waals surface area contributed by atoms with E-state index in [9.17, 15) is 9.50 Å². The summed E-state index contributed by atoms with van der Waals surface area (Å²) in [5, 5.41) is 12.7. The summed E-state index contributed by atoms with van der Waals surface area (Å²) in [6, 6.07) is 4.47. The molecule has 1 aliphatic rings. The van der Waals surface area contributed by atoms with Gasteiger partial charge in [-0.25, -0.2) is 4.39 Å². The van der Waals surface area contributed by atoms with Gasteiger partial charge in [-0.3, -0.25) is 0 Å². The Balaban J connectivity index is 1.88. The SMILES string of the molecule is Nc1cc(F)cc(NCC2CCCC(O)C2)c1. The van der Waals surface area contributed by atoms with Crippen molar-refractivity contribution in [1.29, 1.82) is 0 Å². The average molecular weight is 238 g/mol. The zero-order valence-corrected chi connectivity index (χ0v) is 9.82. The van der Waals surface area contributed by atoms with Crippen molar-refractivity contribution in [3.8, 4) is 0 Å². The van der Waals surface area contributed by atoms with Gasteiger partial charge in [0, 0.05) is 17.9 Å². The number of hydrogen-bond acceptors (Lipinski definition) is 3. The van der Waals surface area contributed by atoms with Crippen LogP contribution in [-0.4, -0.2) is 17.8 Å². The smallest absolute Gasteiger partial charge is 0.127 e. The van der Waals surface area contributed by atoms with Crippen molar-refractivity contribution in [2.45, 2.75) is 31.8 Å². The van der Waals surface area contributed by atoms with Crippen molar-refractivity contribution in [3.05, 3.63) is 24.0 Å². The van der Waals surface area contributed by atoms with Crippen LogP contribution in [0.1, 0.15) is 25.7 Å². The fourth-order valence-electron chi connectivity index (χ4n) is 2.42. The van der Waals surface area contributed by atoms with E-state index in [-0.39, 0.29) is 11.9 Å². The van der Waals surface area contributed by atoms with Gasteiger partial charge in [0.05, 0.1) is 6.10 Å². The number of aliphatic hydroxyl groups is 1. The molecule has 17 heavy (non-hydrogen) atoms. The van der Waals surface area contributed by atoms with Gasteiger partial charge in [0.15, 0.2) is 0 Å². The minimum Gasteiger partial charge on any atom is -0.399 e. The van der Waals surface area contributed by atoms with Crippen LogP contribution >= 0.6 is 0 Å². The van der Waals surface area contributed by atoms with Crippen LogP contribution in [0.2, 0.25) is 0 Å². The van der Waals surface area contributed by atoms with Gasteiger partial charge in [0.2, 0.25) is 0 Å². The highest BCUT2D eigenvalue weighted by atomic mass is 19.1. The average Bonchev–Trinajstić information content (AvgIpc) is 2.25. The zero-order chi connectivity index (χ0) is 12.3. The lowest BCUT2D eigenvalue weighted by Crippen LogP contribution is -2.25. The monoisotopic (exact) mass is 238 g/mol. The Labute approximate surface area is 101 Å². The zero-order valence-electron chi connectivity index (χ0n) is 9.82. The molecule has 3 nitrogen and oxygen atoms in total. The van der Waals surface area contributed by atoms with Gasteiger partial charge < -0.3 is 16.2 Å². The Bertz CT molecular complexity index is 363. The third-order valence-electron chi connectivity index (χ3n) is 3.27. The third-order valence-corrected chi connectivity index (χ3v) is 3.27. The number of hydrogen-bond donors (Lipinski definition) is 3. The number of nitrogens with two attached hydrogens (primary N) is 1. The lowest BCUT2D eigenvalue weighted by molar-refractivity contribution is 0.105. The van der Waals surface area contributed by atoms with E-state index in [0.29, 0.717) is 17.3 Å². The number of benzene rings is 1. The Morgan fingerprint density at radius 2 is 2.18 bits per heavy atom. The van der Waals surface area contributed by atoms with E-state index in [1.165, 1.54) is 12.1 Å². The summed E-state index contributed by atoms with van der Waals surface area (Å²) in [6.45, 7) is 0.764. The standard InChI is InChI=1S/C13H19FN2O/c14-10-5-11(15)7-12(6-10)16-8-9-2-1-3-13(17)4-9/h5-7,9,13,16-17H,1-4,8,15H2. The first-order chi connectivity index (χ1) is 8.13. The van der Waals surface area contributed by atoms with Gasteiger partial charge >= 0.3 is 0 Å². The summed E-state index contributed by atoms with van der Waals surface area (Å²) in [4.78, 5) is 0. The third kappa shape index (κ3) is 3.60. The highest BCUT2D eigenvalue weighted by molar-refractivity contribution is 5.54. The maximum Gasteiger partial charge on any atom is 0.127 e. The summed E-state index contributed by atoms with van der Waals surface area (Å²) in [7, 11) is 0. The summed E-state index contributed by atoms with van der Waals surface area (Å²) in [5.41, 5.74) is 6.71. The Hall–Kier alpha value is -1.29. The highest BCUT2D eigenvalue weighted by Crippen LogP contribution is 2.25. The summed E-state index contributed by atoms with van der Waals surface area (Å²) in [6.07, 6.45) is 3.75. The molecule has 1 aromatic rings. The molecule has 2 atom stereocenters. The van der Waals surface area contributed by atoms with Crippen molar-refractivity contribution >= 4 is 11.4 Å². The number of anilines is 2. The molecule has 0 spiro atoms. The van der Waals surface area contributed by atoms with Gasteiger partial charge in [0.1, 0.15) is 5.82 Å². The molecule has 0 aromatic heterocycles. The van der Waals surface area contributed by atoms with Crippen LogP contribution in [0.4, 0.5) is 15.8 Å². The van der Waals surface area contributed by atoms with Gasteiger partial charge in [-0.15, -0.1) is 0 Å².